The molecule has 0 unspecified atom stereocenters. The number of rotatable bonds is 3. The van der Waals surface area contributed by atoms with Gasteiger partial charge in [-0.15, -0.1) is 0 Å². The fourth-order valence-electron chi connectivity index (χ4n) is 2.24. The van der Waals surface area contributed by atoms with Gasteiger partial charge < -0.3 is 10.7 Å². The lowest BCUT2D eigenvalue weighted by atomic mass is 10.1. The van der Waals surface area contributed by atoms with Crippen LogP contribution in [0.15, 0.2) is 42.5 Å². The summed E-state index contributed by atoms with van der Waals surface area (Å²) < 4.78 is 0. The Kier molecular flexibility index (Phi) is 2.95. The predicted octanol–water partition coefficient (Wildman–Crippen LogP) is 3.30. The Balaban J connectivity index is 1.90. The van der Waals surface area contributed by atoms with Crippen molar-refractivity contribution in [1.29, 1.82) is 0 Å². The molecule has 0 aliphatic carbocycles. The van der Waals surface area contributed by atoms with Crippen molar-refractivity contribution in [3.63, 3.8) is 0 Å². The first-order valence-corrected chi connectivity index (χ1v) is 6.56. The van der Waals surface area contributed by atoms with Crippen LogP contribution in [0.4, 0.5) is 5.69 Å². The Morgan fingerprint density at radius 1 is 1.05 bits per heavy atom. The van der Waals surface area contributed by atoms with Gasteiger partial charge in [-0.2, -0.15) is 0 Å². The molecule has 0 spiro atoms. The molecule has 3 aromatic rings. The van der Waals surface area contributed by atoms with Crippen LogP contribution in [-0.4, -0.2) is 9.97 Å². The third-order valence-electron chi connectivity index (χ3n) is 3.35. The molecular weight excluding hydrogens is 234 g/mol. The minimum Gasteiger partial charge on any atom is -0.399 e. The smallest absolute Gasteiger partial charge is 0.111 e. The summed E-state index contributed by atoms with van der Waals surface area (Å²) in [6.45, 7) is 2.16. The van der Waals surface area contributed by atoms with Crippen LogP contribution in [0, 0.1) is 0 Å². The van der Waals surface area contributed by atoms with E-state index in [1.54, 1.807) is 0 Å². The molecule has 3 nitrogen and oxygen atoms in total. The monoisotopic (exact) mass is 251 g/mol. The molecule has 3 rings (SSSR count). The first-order chi connectivity index (χ1) is 9.24. The zero-order valence-corrected chi connectivity index (χ0v) is 11.0. The highest BCUT2D eigenvalue weighted by molar-refractivity contribution is 5.76. The number of anilines is 1. The molecule has 3 heteroatoms. The fourth-order valence-corrected chi connectivity index (χ4v) is 2.24. The summed E-state index contributed by atoms with van der Waals surface area (Å²) in [5.74, 6) is 0.994. The van der Waals surface area contributed by atoms with Gasteiger partial charge in [0.2, 0.25) is 0 Å². The molecule has 0 bridgehead atoms. The van der Waals surface area contributed by atoms with Crippen LogP contribution < -0.4 is 5.73 Å². The second-order valence-electron chi connectivity index (χ2n) is 4.81. The number of nitrogens with two attached hydrogens (primary N) is 1. The summed E-state index contributed by atoms with van der Waals surface area (Å²) in [5, 5.41) is 0. The van der Waals surface area contributed by atoms with Gasteiger partial charge in [-0.25, -0.2) is 4.98 Å². The van der Waals surface area contributed by atoms with Crippen LogP contribution in [0.2, 0.25) is 0 Å². The zero-order valence-electron chi connectivity index (χ0n) is 11.0. The number of nitrogens with one attached hydrogen (secondary N) is 1. The molecule has 2 aromatic carbocycles. The first kappa shape index (κ1) is 11.8. The SMILES string of the molecule is CCc1ccc2nc(Cc3ccc(N)cc3)[nH]c2c1. The van der Waals surface area contributed by atoms with Crippen molar-refractivity contribution in [1.82, 2.24) is 9.97 Å². The van der Waals surface area contributed by atoms with E-state index in [1.807, 2.05) is 24.3 Å². The Morgan fingerprint density at radius 2 is 1.79 bits per heavy atom. The van der Waals surface area contributed by atoms with Gasteiger partial charge in [-0.3, -0.25) is 0 Å². The summed E-state index contributed by atoms with van der Waals surface area (Å²) in [5.41, 5.74) is 11.2. The van der Waals surface area contributed by atoms with Gasteiger partial charge in [0, 0.05) is 12.1 Å². The molecule has 96 valence electrons. The molecule has 0 radical (unpaired) electrons. The molecule has 0 atom stereocenters. The maximum absolute atomic E-state index is 5.69. The summed E-state index contributed by atoms with van der Waals surface area (Å²) in [6, 6.07) is 14.3. The normalized spacial score (nSPS) is 11.0. The van der Waals surface area contributed by atoms with Crippen molar-refractivity contribution >= 4 is 16.7 Å². The number of aryl methyl sites for hydroxylation is 1. The van der Waals surface area contributed by atoms with Gasteiger partial charge in [-0.1, -0.05) is 25.1 Å². The number of fused-ring (bicyclic) bond motifs is 1. The summed E-state index contributed by atoms with van der Waals surface area (Å²) in [4.78, 5) is 8.01. The van der Waals surface area contributed by atoms with Gasteiger partial charge in [-0.05, 0) is 41.8 Å². The Labute approximate surface area is 112 Å². The Bertz CT molecular complexity index is 696. The van der Waals surface area contributed by atoms with Crippen molar-refractivity contribution < 1.29 is 0 Å². The van der Waals surface area contributed by atoms with Crippen molar-refractivity contribution in [3.8, 4) is 0 Å². The molecule has 0 saturated carbocycles. The van der Waals surface area contributed by atoms with Crippen LogP contribution in [0.1, 0.15) is 23.9 Å². The lowest BCUT2D eigenvalue weighted by Crippen LogP contribution is -1.91. The molecule has 3 N–H and O–H groups in total. The molecule has 19 heavy (non-hydrogen) atoms. The maximum atomic E-state index is 5.69. The number of nitrogens with zero attached hydrogens (tertiary/aromatic N) is 1. The second kappa shape index (κ2) is 4.76. The van der Waals surface area contributed by atoms with E-state index in [9.17, 15) is 0 Å². The summed E-state index contributed by atoms with van der Waals surface area (Å²) >= 11 is 0. The predicted molar refractivity (Wildman–Crippen MR) is 79.1 cm³/mol. The molecule has 0 amide bonds. The second-order valence-corrected chi connectivity index (χ2v) is 4.81. The number of nitrogen functional groups attached to an aromatic ring is 1. The first-order valence-electron chi connectivity index (χ1n) is 6.56. The minimum atomic E-state index is 0.793. The highest BCUT2D eigenvalue weighted by Crippen LogP contribution is 2.16. The molecule has 0 fully saturated rings. The van der Waals surface area contributed by atoms with Crippen LogP contribution >= 0.6 is 0 Å². The molecular formula is C16H17N3. The number of hydrogen-bond donors (Lipinski definition) is 2. The number of aromatic amines is 1. The lowest BCUT2D eigenvalue weighted by molar-refractivity contribution is 1.04. The van der Waals surface area contributed by atoms with E-state index in [2.05, 4.69) is 35.1 Å². The molecule has 0 aliphatic heterocycles. The largest absolute Gasteiger partial charge is 0.399 e. The van der Waals surface area contributed by atoms with E-state index in [1.165, 1.54) is 11.1 Å². The summed E-state index contributed by atoms with van der Waals surface area (Å²) in [6.07, 6.45) is 1.85. The highest BCUT2D eigenvalue weighted by Gasteiger charge is 2.04. The number of aromatic nitrogens is 2. The van der Waals surface area contributed by atoms with E-state index in [0.717, 1.165) is 35.4 Å². The van der Waals surface area contributed by atoms with Crippen LogP contribution in [-0.2, 0) is 12.8 Å². The lowest BCUT2D eigenvalue weighted by Gasteiger charge is -1.98. The number of H-pyrrole nitrogens is 1. The average Bonchev–Trinajstić information content (AvgIpc) is 2.82. The molecule has 1 aromatic heterocycles. The number of benzene rings is 2. The van der Waals surface area contributed by atoms with Gasteiger partial charge in [0.1, 0.15) is 5.82 Å². The fraction of sp³-hybridized carbons (Fsp3) is 0.188. The van der Waals surface area contributed by atoms with Gasteiger partial charge >= 0.3 is 0 Å². The molecule has 1 heterocycles. The zero-order chi connectivity index (χ0) is 13.2. The third-order valence-corrected chi connectivity index (χ3v) is 3.35. The van der Waals surface area contributed by atoms with E-state index in [0.29, 0.717) is 0 Å². The van der Waals surface area contributed by atoms with Crippen molar-refractivity contribution in [2.45, 2.75) is 19.8 Å². The van der Waals surface area contributed by atoms with Crippen LogP contribution in [0.5, 0.6) is 0 Å². The van der Waals surface area contributed by atoms with E-state index in [-0.39, 0.29) is 0 Å². The molecule has 0 saturated heterocycles. The Hall–Kier alpha value is -2.29. The topological polar surface area (TPSA) is 54.7 Å². The van der Waals surface area contributed by atoms with Crippen molar-refractivity contribution in [2.24, 2.45) is 0 Å². The quantitative estimate of drug-likeness (QED) is 0.702. The standard InChI is InChI=1S/C16H17N3/c1-2-11-5-8-14-15(9-11)19-16(18-14)10-12-3-6-13(17)7-4-12/h3-9H,2,10,17H2,1H3,(H,18,19). The van der Waals surface area contributed by atoms with E-state index < -0.39 is 0 Å². The van der Waals surface area contributed by atoms with E-state index in [4.69, 9.17) is 5.73 Å². The summed E-state index contributed by atoms with van der Waals surface area (Å²) in [7, 11) is 0. The molecule has 0 aliphatic rings. The third kappa shape index (κ3) is 2.45. The van der Waals surface area contributed by atoms with Crippen LogP contribution in [0.3, 0.4) is 0 Å². The Morgan fingerprint density at radius 3 is 2.53 bits per heavy atom. The minimum absolute atomic E-state index is 0.793. The van der Waals surface area contributed by atoms with Gasteiger partial charge in [0.25, 0.3) is 0 Å². The van der Waals surface area contributed by atoms with Gasteiger partial charge in [0.15, 0.2) is 0 Å². The van der Waals surface area contributed by atoms with Crippen LogP contribution in [0.25, 0.3) is 11.0 Å². The van der Waals surface area contributed by atoms with Crippen molar-refractivity contribution in [3.05, 3.63) is 59.4 Å². The maximum Gasteiger partial charge on any atom is 0.111 e. The average molecular weight is 251 g/mol. The van der Waals surface area contributed by atoms with E-state index >= 15 is 0 Å². The van der Waals surface area contributed by atoms with Gasteiger partial charge in [0.05, 0.1) is 11.0 Å². The number of hydrogen-bond acceptors (Lipinski definition) is 2. The number of imidazole rings is 1. The van der Waals surface area contributed by atoms with Crippen molar-refractivity contribution in [2.75, 3.05) is 5.73 Å². The highest BCUT2D eigenvalue weighted by atomic mass is 14.9.